The van der Waals surface area contributed by atoms with Crippen LogP contribution in [-0.2, 0) is 14.4 Å². The van der Waals surface area contributed by atoms with E-state index in [1.54, 1.807) is 4.90 Å². The van der Waals surface area contributed by atoms with Crippen LogP contribution >= 0.6 is 0 Å². The van der Waals surface area contributed by atoms with Gasteiger partial charge in [0.2, 0.25) is 11.8 Å². The van der Waals surface area contributed by atoms with Gasteiger partial charge in [0.05, 0.1) is 0 Å². The number of carboxylic acid groups (broad SMARTS) is 1. The first-order valence-electron chi connectivity index (χ1n) is 7.98. The molecule has 1 rings (SSSR count). The van der Waals surface area contributed by atoms with Crippen LogP contribution in [0.4, 0.5) is 0 Å². The Labute approximate surface area is 132 Å². The van der Waals surface area contributed by atoms with Crippen molar-refractivity contribution in [2.45, 2.75) is 71.9 Å². The summed E-state index contributed by atoms with van der Waals surface area (Å²) < 4.78 is 0. The summed E-state index contributed by atoms with van der Waals surface area (Å²) in [5, 5.41) is 11.7. The van der Waals surface area contributed by atoms with Gasteiger partial charge in [-0.15, -0.1) is 0 Å². The zero-order chi connectivity index (χ0) is 16.9. The molecule has 1 saturated heterocycles. The number of aliphatic carboxylic acids is 1. The number of carbonyl (C=O) groups excluding carboxylic acids is 2. The lowest BCUT2D eigenvalue weighted by molar-refractivity contribution is -0.144. The molecule has 0 aromatic rings. The quantitative estimate of drug-likeness (QED) is 0.783. The van der Waals surface area contributed by atoms with Gasteiger partial charge in [-0.1, -0.05) is 34.1 Å². The van der Waals surface area contributed by atoms with Gasteiger partial charge in [0.1, 0.15) is 12.1 Å². The molecule has 0 spiro atoms. The van der Waals surface area contributed by atoms with Gasteiger partial charge in [0, 0.05) is 13.0 Å². The fourth-order valence-corrected chi connectivity index (χ4v) is 2.71. The van der Waals surface area contributed by atoms with Gasteiger partial charge in [-0.25, -0.2) is 4.79 Å². The van der Waals surface area contributed by atoms with Gasteiger partial charge in [0.25, 0.3) is 0 Å². The Hall–Kier alpha value is -1.59. The standard InChI is InChI=1S/C16H28N2O4/c1-5-7-11(15(21)22)17-14(20)12-8-6-9-18(12)13(19)10-16(2,3)4/h11-12H,5-10H2,1-4H3,(H,17,20)(H,21,22). The number of nitrogens with zero attached hydrogens (tertiary/aromatic N) is 1. The first-order valence-corrected chi connectivity index (χ1v) is 7.98. The van der Waals surface area contributed by atoms with E-state index < -0.39 is 18.1 Å². The molecular weight excluding hydrogens is 284 g/mol. The molecule has 2 N–H and O–H groups in total. The fraction of sp³-hybridized carbons (Fsp3) is 0.812. The molecule has 0 bridgehead atoms. The van der Waals surface area contributed by atoms with Crippen LogP contribution in [0.1, 0.15) is 59.8 Å². The van der Waals surface area contributed by atoms with Crippen LogP contribution in [0.2, 0.25) is 0 Å². The summed E-state index contributed by atoms with van der Waals surface area (Å²) in [4.78, 5) is 37.4. The Morgan fingerprint density at radius 3 is 2.45 bits per heavy atom. The molecule has 1 fully saturated rings. The topological polar surface area (TPSA) is 86.7 Å². The minimum absolute atomic E-state index is 0.0347. The number of likely N-dealkylation sites (tertiary alicyclic amines) is 1. The monoisotopic (exact) mass is 312 g/mol. The van der Waals surface area contributed by atoms with Gasteiger partial charge < -0.3 is 15.3 Å². The Morgan fingerprint density at radius 1 is 1.32 bits per heavy atom. The molecule has 0 saturated carbocycles. The molecule has 1 aliphatic rings. The summed E-state index contributed by atoms with van der Waals surface area (Å²) in [7, 11) is 0. The summed E-state index contributed by atoms with van der Waals surface area (Å²) in [6.07, 6.45) is 2.83. The summed E-state index contributed by atoms with van der Waals surface area (Å²) in [6, 6.07) is -1.41. The second-order valence-corrected chi connectivity index (χ2v) is 7.17. The average molecular weight is 312 g/mol. The van der Waals surface area contributed by atoms with Crippen molar-refractivity contribution in [1.82, 2.24) is 10.2 Å². The van der Waals surface area contributed by atoms with Crippen LogP contribution in [-0.4, -0.2) is 46.4 Å². The number of rotatable bonds is 6. The largest absolute Gasteiger partial charge is 0.480 e. The first kappa shape index (κ1) is 18.5. The summed E-state index contributed by atoms with van der Waals surface area (Å²) in [6.45, 7) is 8.39. The van der Waals surface area contributed by atoms with E-state index in [2.05, 4.69) is 5.32 Å². The second kappa shape index (κ2) is 7.61. The van der Waals surface area contributed by atoms with E-state index in [4.69, 9.17) is 5.11 Å². The third-order valence-electron chi connectivity index (χ3n) is 3.75. The van der Waals surface area contributed by atoms with Gasteiger partial charge >= 0.3 is 5.97 Å². The van der Waals surface area contributed by atoms with E-state index in [0.29, 0.717) is 32.2 Å². The third-order valence-corrected chi connectivity index (χ3v) is 3.75. The van der Waals surface area contributed by atoms with Crippen molar-refractivity contribution in [1.29, 1.82) is 0 Å². The average Bonchev–Trinajstić information content (AvgIpc) is 2.85. The van der Waals surface area contributed by atoms with E-state index in [-0.39, 0.29) is 17.2 Å². The molecule has 2 amide bonds. The SMILES string of the molecule is CCCC(NC(=O)C1CCCN1C(=O)CC(C)(C)C)C(=O)O. The summed E-state index contributed by atoms with van der Waals surface area (Å²) >= 11 is 0. The van der Waals surface area contributed by atoms with E-state index >= 15 is 0 Å². The number of carboxylic acids is 1. The molecule has 126 valence electrons. The van der Waals surface area contributed by atoms with Crippen molar-refractivity contribution in [2.24, 2.45) is 5.41 Å². The number of amides is 2. The molecule has 0 aromatic carbocycles. The Morgan fingerprint density at radius 2 is 1.95 bits per heavy atom. The Kier molecular flexibility index (Phi) is 6.38. The lowest BCUT2D eigenvalue weighted by Crippen LogP contribution is -2.51. The van der Waals surface area contributed by atoms with Crippen molar-refractivity contribution < 1.29 is 19.5 Å². The third kappa shape index (κ3) is 5.31. The maximum absolute atomic E-state index is 12.4. The van der Waals surface area contributed by atoms with Crippen molar-refractivity contribution >= 4 is 17.8 Å². The van der Waals surface area contributed by atoms with Gasteiger partial charge in [0.15, 0.2) is 0 Å². The number of hydrogen-bond acceptors (Lipinski definition) is 3. The van der Waals surface area contributed by atoms with Crippen molar-refractivity contribution in [3.05, 3.63) is 0 Å². The van der Waals surface area contributed by atoms with Gasteiger partial charge in [-0.2, -0.15) is 0 Å². The van der Waals surface area contributed by atoms with Crippen LogP contribution in [0.15, 0.2) is 0 Å². The highest BCUT2D eigenvalue weighted by Crippen LogP contribution is 2.25. The van der Waals surface area contributed by atoms with E-state index in [9.17, 15) is 14.4 Å². The van der Waals surface area contributed by atoms with Crippen molar-refractivity contribution in [3.63, 3.8) is 0 Å². The Bertz CT molecular complexity index is 428. The van der Waals surface area contributed by atoms with Crippen LogP contribution in [0, 0.1) is 5.41 Å². The predicted octanol–water partition coefficient (Wildman–Crippen LogP) is 1.78. The van der Waals surface area contributed by atoms with Gasteiger partial charge in [-0.3, -0.25) is 9.59 Å². The molecule has 0 radical (unpaired) electrons. The highest BCUT2D eigenvalue weighted by molar-refractivity contribution is 5.91. The van der Waals surface area contributed by atoms with Crippen molar-refractivity contribution in [3.8, 4) is 0 Å². The second-order valence-electron chi connectivity index (χ2n) is 7.17. The molecule has 0 aliphatic carbocycles. The molecule has 6 nitrogen and oxygen atoms in total. The molecule has 22 heavy (non-hydrogen) atoms. The van der Waals surface area contributed by atoms with E-state index in [1.165, 1.54) is 0 Å². The molecule has 2 unspecified atom stereocenters. The molecule has 6 heteroatoms. The lowest BCUT2D eigenvalue weighted by atomic mass is 9.91. The normalized spacial score (nSPS) is 19.8. The van der Waals surface area contributed by atoms with Crippen molar-refractivity contribution in [2.75, 3.05) is 6.54 Å². The summed E-state index contributed by atoms with van der Waals surface area (Å²) in [5.74, 6) is -1.41. The van der Waals surface area contributed by atoms with Crippen LogP contribution < -0.4 is 5.32 Å². The number of nitrogens with one attached hydrogen (secondary N) is 1. The molecule has 1 aliphatic heterocycles. The number of carbonyl (C=O) groups is 3. The zero-order valence-electron chi connectivity index (χ0n) is 14.0. The molecule has 2 atom stereocenters. The fourth-order valence-electron chi connectivity index (χ4n) is 2.71. The molecule has 0 aromatic heterocycles. The molecule has 1 heterocycles. The smallest absolute Gasteiger partial charge is 0.326 e. The zero-order valence-corrected chi connectivity index (χ0v) is 14.0. The lowest BCUT2D eigenvalue weighted by Gasteiger charge is -2.28. The molecular formula is C16H28N2O4. The highest BCUT2D eigenvalue weighted by atomic mass is 16.4. The van der Waals surface area contributed by atoms with Crippen LogP contribution in [0.5, 0.6) is 0 Å². The number of hydrogen-bond donors (Lipinski definition) is 2. The van der Waals surface area contributed by atoms with Crippen LogP contribution in [0.25, 0.3) is 0 Å². The van der Waals surface area contributed by atoms with E-state index in [0.717, 1.165) is 6.42 Å². The minimum Gasteiger partial charge on any atom is -0.480 e. The minimum atomic E-state index is -1.03. The maximum atomic E-state index is 12.4. The predicted molar refractivity (Wildman–Crippen MR) is 83.3 cm³/mol. The van der Waals surface area contributed by atoms with Crippen LogP contribution in [0.3, 0.4) is 0 Å². The first-order chi connectivity index (χ1) is 10.2. The van der Waals surface area contributed by atoms with E-state index in [1.807, 2.05) is 27.7 Å². The maximum Gasteiger partial charge on any atom is 0.326 e. The van der Waals surface area contributed by atoms with Gasteiger partial charge in [-0.05, 0) is 24.7 Å². The highest BCUT2D eigenvalue weighted by Gasteiger charge is 2.36. The summed E-state index contributed by atoms with van der Waals surface area (Å²) in [5.41, 5.74) is -0.132. The Balaban J connectivity index is 2.71.